The second kappa shape index (κ2) is 4.08. The second-order valence-electron chi connectivity index (χ2n) is 7.51. The maximum absolute atomic E-state index is 2.41. The van der Waals surface area contributed by atoms with Crippen LogP contribution in [0.5, 0.6) is 0 Å². The van der Waals surface area contributed by atoms with Crippen LogP contribution in [-0.4, -0.2) is 11.5 Å². The third-order valence-corrected chi connectivity index (χ3v) is 5.59. The highest BCUT2D eigenvalue weighted by molar-refractivity contribution is 7.99. The highest BCUT2D eigenvalue weighted by atomic mass is 32.2. The quantitative estimate of drug-likeness (QED) is 0.528. The van der Waals surface area contributed by atoms with Gasteiger partial charge in [0.15, 0.2) is 0 Å². The van der Waals surface area contributed by atoms with Gasteiger partial charge in [0.25, 0.3) is 0 Å². The maximum Gasteiger partial charge on any atom is 0.00219 e. The molecule has 0 saturated heterocycles. The molecule has 0 nitrogen and oxygen atoms in total. The third-order valence-electron chi connectivity index (χ3n) is 3.74. The molecule has 0 atom stereocenters. The monoisotopic (exact) mass is 240 g/mol. The SMILES string of the molecule is CC1=C(C(C)(C)C)C(C)(C)CSCC1(C)C. The van der Waals surface area contributed by atoms with E-state index in [0.29, 0.717) is 10.8 Å². The average molecular weight is 240 g/mol. The predicted octanol–water partition coefficient (Wildman–Crippen LogP) is 5.15. The van der Waals surface area contributed by atoms with E-state index in [1.54, 1.807) is 11.1 Å². The number of hydrogen-bond donors (Lipinski definition) is 0. The minimum atomic E-state index is 0.287. The molecule has 0 aromatic heterocycles. The third kappa shape index (κ3) is 2.67. The summed E-state index contributed by atoms with van der Waals surface area (Å²) in [4.78, 5) is 0. The molecule has 0 radical (unpaired) electrons. The van der Waals surface area contributed by atoms with Crippen molar-refractivity contribution in [2.45, 2.75) is 55.4 Å². The summed E-state index contributed by atoms with van der Waals surface area (Å²) >= 11 is 2.11. The van der Waals surface area contributed by atoms with Gasteiger partial charge >= 0.3 is 0 Å². The van der Waals surface area contributed by atoms with Crippen molar-refractivity contribution in [2.24, 2.45) is 16.2 Å². The smallest absolute Gasteiger partial charge is 0.00219 e. The Balaban J connectivity index is 3.39. The topological polar surface area (TPSA) is 0 Å². The van der Waals surface area contributed by atoms with Gasteiger partial charge in [-0.1, -0.05) is 59.6 Å². The summed E-state index contributed by atoms with van der Waals surface area (Å²) in [6.45, 7) is 19.0. The van der Waals surface area contributed by atoms with E-state index in [2.05, 4.69) is 67.2 Å². The van der Waals surface area contributed by atoms with E-state index in [0.717, 1.165) is 0 Å². The molecule has 0 aromatic rings. The first kappa shape index (κ1) is 14.2. The minimum absolute atomic E-state index is 0.287. The van der Waals surface area contributed by atoms with E-state index in [1.165, 1.54) is 11.5 Å². The molecule has 1 aliphatic heterocycles. The first-order valence-electron chi connectivity index (χ1n) is 6.28. The molecule has 1 rings (SSSR count). The van der Waals surface area contributed by atoms with Crippen LogP contribution >= 0.6 is 11.8 Å². The van der Waals surface area contributed by atoms with Crippen LogP contribution in [-0.2, 0) is 0 Å². The number of hydrogen-bond acceptors (Lipinski definition) is 1. The van der Waals surface area contributed by atoms with Crippen LogP contribution < -0.4 is 0 Å². The molecule has 0 saturated carbocycles. The van der Waals surface area contributed by atoms with E-state index in [9.17, 15) is 0 Å². The lowest BCUT2D eigenvalue weighted by Gasteiger charge is -2.39. The summed E-state index contributed by atoms with van der Waals surface area (Å²) in [7, 11) is 0. The van der Waals surface area contributed by atoms with E-state index in [4.69, 9.17) is 0 Å². The van der Waals surface area contributed by atoms with Crippen LogP contribution in [0.2, 0.25) is 0 Å². The average Bonchev–Trinajstić information content (AvgIpc) is 2.05. The van der Waals surface area contributed by atoms with Gasteiger partial charge in [0.2, 0.25) is 0 Å². The van der Waals surface area contributed by atoms with Gasteiger partial charge in [0, 0.05) is 11.5 Å². The number of rotatable bonds is 0. The summed E-state index contributed by atoms with van der Waals surface area (Å²) in [5.74, 6) is 2.50. The highest BCUT2D eigenvalue weighted by Crippen LogP contribution is 2.50. The molecule has 0 amide bonds. The van der Waals surface area contributed by atoms with Gasteiger partial charge in [0.1, 0.15) is 0 Å². The normalized spacial score (nSPS) is 25.5. The number of allylic oxidation sites excluding steroid dienone is 2. The van der Waals surface area contributed by atoms with Crippen molar-refractivity contribution in [3.05, 3.63) is 11.1 Å². The van der Waals surface area contributed by atoms with Crippen LogP contribution in [0.3, 0.4) is 0 Å². The summed E-state index contributed by atoms with van der Waals surface area (Å²) in [5, 5.41) is 0. The first-order chi connectivity index (χ1) is 6.98. The van der Waals surface area contributed by atoms with Gasteiger partial charge in [-0.05, 0) is 23.2 Å². The van der Waals surface area contributed by atoms with E-state index in [-0.39, 0.29) is 5.41 Å². The largest absolute Gasteiger partial charge is 0.160 e. The Labute approximate surface area is 106 Å². The Bertz CT molecular complexity index is 300. The summed E-state index contributed by atoms with van der Waals surface area (Å²) in [5.41, 5.74) is 4.27. The van der Waals surface area contributed by atoms with Crippen LogP contribution in [0, 0.1) is 16.2 Å². The zero-order valence-electron chi connectivity index (χ0n) is 12.3. The van der Waals surface area contributed by atoms with E-state index >= 15 is 0 Å². The van der Waals surface area contributed by atoms with Crippen molar-refractivity contribution < 1.29 is 0 Å². The molecular weight excluding hydrogens is 212 g/mol. The lowest BCUT2D eigenvalue weighted by Crippen LogP contribution is -2.29. The van der Waals surface area contributed by atoms with Gasteiger partial charge in [-0.25, -0.2) is 0 Å². The predicted molar refractivity (Wildman–Crippen MR) is 77.0 cm³/mol. The Hall–Kier alpha value is 0.0900. The molecule has 16 heavy (non-hydrogen) atoms. The first-order valence-corrected chi connectivity index (χ1v) is 7.44. The molecule has 94 valence electrons. The standard InChI is InChI=1S/C15H28S/c1-11-12(13(2,3)4)15(7,8)10-16-9-14(11,5)6/h9-10H2,1-8H3. The molecule has 1 heterocycles. The molecule has 0 aliphatic carbocycles. The van der Waals surface area contributed by atoms with Crippen molar-refractivity contribution in [3.63, 3.8) is 0 Å². The lowest BCUT2D eigenvalue weighted by atomic mass is 9.66. The van der Waals surface area contributed by atoms with Crippen LogP contribution in [0.1, 0.15) is 55.4 Å². The summed E-state index contributed by atoms with van der Waals surface area (Å²) < 4.78 is 0. The fourth-order valence-electron chi connectivity index (χ4n) is 3.17. The minimum Gasteiger partial charge on any atom is -0.160 e. The molecule has 0 unspecified atom stereocenters. The number of thioether (sulfide) groups is 1. The Morgan fingerprint density at radius 2 is 1.38 bits per heavy atom. The van der Waals surface area contributed by atoms with Crippen LogP contribution in [0.25, 0.3) is 0 Å². The molecule has 1 heteroatoms. The zero-order valence-corrected chi connectivity index (χ0v) is 13.1. The molecule has 1 aliphatic rings. The van der Waals surface area contributed by atoms with Gasteiger partial charge < -0.3 is 0 Å². The Kier molecular flexibility index (Phi) is 3.61. The molecule has 0 bridgehead atoms. The molecule has 0 spiro atoms. The maximum atomic E-state index is 2.41. The van der Waals surface area contributed by atoms with Crippen molar-refractivity contribution >= 4 is 11.8 Å². The molecule has 0 aromatic carbocycles. The highest BCUT2D eigenvalue weighted by Gasteiger charge is 2.39. The lowest BCUT2D eigenvalue weighted by molar-refractivity contribution is 0.348. The van der Waals surface area contributed by atoms with Crippen molar-refractivity contribution in [2.75, 3.05) is 11.5 Å². The Morgan fingerprint density at radius 1 is 0.938 bits per heavy atom. The van der Waals surface area contributed by atoms with Crippen molar-refractivity contribution in [1.29, 1.82) is 0 Å². The van der Waals surface area contributed by atoms with Gasteiger partial charge in [-0.3, -0.25) is 0 Å². The van der Waals surface area contributed by atoms with Crippen LogP contribution in [0.15, 0.2) is 11.1 Å². The zero-order chi connectivity index (χ0) is 12.8. The summed E-state index contributed by atoms with van der Waals surface area (Å²) in [6, 6.07) is 0. The molecule has 0 N–H and O–H groups in total. The fraction of sp³-hybridized carbons (Fsp3) is 0.867. The van der Waals surface area contributed by atoms with Gasteiger partial charge in [-0.15, -0.1) is 0 Å². The van der Waals surface area contributed by atoms with Gasteiger partial charge in [0.05, 0.1) is 0 Å². The van der Waals surface area contributed by atoms with Crippen molar-refractivity contribution in [3.8, 4) is 0 Å². The summed E-state index contributed by atoms with van der Waals surface area (Å²) in [6.07, 6.45) is 0. The van der Waals surface area contributed by atoms with Crippen LogP contribution in [0.4, 0.5) is 0 Å². The Morgan fingerprint density at radius 3 is 1.81 bits per heavy atom. The van der Waals surface area contributed by atoms with Crippen molar-refractivity contribution in [1.82, 2.24) is 0 Å². The van der Waals surface area contributed by atoms with E-state index in [1.807, 2.05) is 0 Å². The van der Waals surface area contributed by atoms with Gasteiger partial charge in [-0.2, -0.15) is 11.8 Å². The molecular formula is C15H28S. The second-order valence-corrected chi connectivity index (χ2v) is 8.50. The molecule has 0 fully saturated rings. The fourth-order valence-corrected chi connectivity index (χ4v) is 4.65. The van der Waals surface area contributed by atoms with E-state index < -0.39 is 0 Å².